The second-order valence-corrected chi connectivity index (χ2v) is 8.33. The van der Waals surface area contributed by atoms with Gasteiger partial charge in [0.2, 0.25) is 0 Å². The standard InChI is InChI=1S/C23H28ClN3O/c1-18-4-9-21(24)16-22(18)26-12-14-27(15-13-26)23(28)20-7-5-19(6-8-20)17-25-10-2-3-11-25/h4-9,16H,2-3,10-15,17H2,1H3. The van der Waals surface area contributed by atoms with Crippen molar-refractivity contribution in [2.75, 3.05) is 44.2 Å². The number of halogens is 1. The fraction of sp³-hybridized carbons (Fsp3) is 0.435. The monoisotopic (exact) mass is 397 g/mol. The van der Waals surface area contributed by atoms with E-state index in [4.69, 9.17) is 11.6 Å². The molecule has 28 heavy (non-hydrogen) atoms. The van der Waals surface area contributed by atoms with Crippen molar-refractivity contribution >= 4 is 23.2 Å². The Bertz CT molecular complexity index is 822. The molecule has 0 radical (unpaired) electrons. The van der Waals surface area contributed by atoms with E-state index in [9.17, 15) is 4.79 Å². The third kappa shape index (κ3) is 4.34. The van der Waals surface area contributed by atoms with Crippen LogP contribution in [-0.2, 0) is 6.54 Å². The Morgan fingerprint density at radius 3 is 2.29 bits per heavy atom. The van der Waals surface area contributed by atoms with Crippen LogP contribution in [0.1, 0.15) is 34.3 Å². The van der Waals surface area contributed by atoms with Crippen LogP contribution in [0.5, 0.6) is 0 Å². The first kappa shape index (κ1) is 19.3. The van der Waals surface area contributed by atoms with E-state index in [2.05, 4.69) is 34.9 Å². The molecule has 2 saturated heterocycles. The van der Waals surface area contributed by atoms with Crippen LogP contribution >= 0.6 is 11.6 Å². The third-order valence-electron chi connectivity index (χ3n) is 5.88. The molecule has 1 amide bonds. The summed E-state index contributed by atoms with van der Waals surface area (Å²) in [6.07, 6.45) is 2.61. The Hall–Kier alpha value is -2.04. The molecule has 2 heterocycles. The summed E-state index contributed by atoms with van der Waals surface area (Å²) in [7, 11) is 0. The van der Waals surface area contributed by atoms with Crippen molar-refractivity contribution in [3.05, 3.63) is 64.2 Å². The minimum atomic E-state index is 0.134. The quantitative estimate of drug-likeness (QED) is 0.773. The Kier molecular flexibility index (Phi) is 5.88. The molecule has 0 N–H and O–H groups in total. The van der Waals surface area contributed by atoms with E-state index in [0.717, 1.165) is 43.3 Å². The maximum atomic E-state index is 12.9. The van der Waals surface area contributed by atoms with Gasteiger partial charge in [-0.3, -0.25) is 9.69 Å². The molecule has 0 unspecified atom stereocenters. The average molecular weight is 398 g/mol. The van der Waals surface area contributed by atoms with Crippen LogP contribution in [0.2, 0.25) is 5.02 Å². The van der Waals surface area contributed by atoms with E-state index in [0.29, 0.717) is 0 Å². The SMILES string of the molecule is Cc1ccc(Cl)cc1N1CCN(C(=O)c2ccc(CN3CCCC3)cc2)CC1. The van der Waals surface area contributed by atoms with Crippen LogP contribution in [0.15, 0.2) is 42.5 Å². The summed E-state index contributed by atoms with van der Waals surface area (Å²) in [6.45, 7) is 8.62. The van der Waals surface area contributed by atoms with Crippen molar-refractivity contribution in [3.8, 4) is 0 Å². The highest BCUT2D eigenvalue weighted by Gasteiger charge is 2.23. The van der Waals surface area contributed by atoms with Crippen molar-refractivity contribution in [1.29, 1.82) is 0 Å². The molecule has 4 nitrogen and oxygen atoms in total. The number of benzene rings is 2. The van der Waals surface area contributed by atoms with E-state index in [1.54, 1.807) is 0 Å². The van der Waals surface area contributed by atoms with Crippen LogP contribution in [0, 0.1) is 6.92 Å². The van der Waals surface area contributed by atoms with Gasteiger partial charge in [-0.05, 0) is 68.2 Å². The molecule has 2 aliphatic heterocycles. The summed E-state index contributed by atoms with van der Waals surface area (Å²) in [5.41, 5.74) is 4.47. The maximum absolute atomic E-state index is 12.9. The van der Waals surface area contributed by atoms with Gasteiger partial charge in [-0.1, -0.05) is 29.8 Å². The van der Waals surface area contributed by atoms with Crippen LogP contribution in [0.4, 0.5) is 5.69 Å². The first-order valence-corrected chi connectivity index (χ1v) is 10.6. The van der Waals surface area contributed by atoms with E-state index in [-0.39, 0.29) is 5.91 Å². The lowest BCUT2D eigenvalue weighted by Crippen LogP contribution is -2.49. The first-order valence-electron chi connectivity index (χ1n) is 10.2. The molecule has 2 aliphatic rings. The summed E-state index contributed by atoms with van der Waals surface area (Å²) < 4.78 is 0. The number of carbonyl (C=O) groups is 1. The van der Waals surface area contributed by atoms with Crippen molar-refractivity contribution in [2.45, 2.75) is 26.3 Å². The van der Waals surface area contributed by atoms with Gasteiger partial charge >= 0.3 is 0 Å². The van der Waals surface area contributed by atoms with Gasteiger partial charge in [-0.2, -0.15) is 0 Å². The topological polar surface area (TPSA) is 26.8 Å². The Morgan fingerprint density at radius 1 is 0.929 bits per heavy atom. The van der Waals surface area contributed by atoms with Gasteiger partial charge < -0.3 is 9.80 Å². The number of likely N-dealkylation sites (tertiary alicyclic amines) is 1. The molecule has 148 valence electrons. The average Bonchev–Trinajstić information content (AvgIpc) is 3.23. The van der Waals surface area contributed by atoms with Crippen LogP contribution in [-0.4, -0.2) is 55.0 Å². The fourth-order valence-electron chi connectivity index (χ4n) is 4.21. The van der Waals surface area contributed by atoms with Gasteiger partial charge in [0.15, 0.2) is 0 Å². The fourth-order valence-corrected chi connectivity index (χ4v) is 4.37. The number of aryl methyl sites for hydroxylation is 1. The van der Waals surface area contributed by atoms with Crippen LogP contribution < -0.4 is 4.90 Å². The molecule has 0 spiro atoms. The van der Waals surface area contributed by atoms with E-state index in [1.165, 1.54) is 42.7 Å². The smallest absolute Gasteiger partial charge is 0.253 e. The molecule has 2 aromatic carbocycles. The lowest BCUT2D eigenvalue weighted by molar-refractivity contribution is 0.0746. The van der Waals surface area contributed by atoms with Crippen molar-refractivity contribution < 1.29 is 4.79 Å². The minimum Gasteiger partial charge on any atom is -0.368 e. The van der Waals surface area contributed by atoms with Gasteiger partial charge in [-0.25, -0.2) is 0 Å². The van der Waals surface area contributed by atoms with Crippen molar-refractivity contribution in [1.82, 2.24) is 9.80 Å². The zero-order chi connectivity index (χ0) is 19.5. The normalized spacial score (nSPS) is 17.9. The molecule has 2 aromatic rings. The van der Waals surface area contributed by atoms with Crippen LogP contribution in [0.3, 0.4) is 0 Å². The van der Waals surface area contributed by atoms with Gasteiger partial charge in [0, 0.05) is 49.0 Å². The number of piperazine rings is 1. The van der Waals surface area contributed by atoms with Gasteiger partial charge in [0.1, 0.15) is 0 Å². The summed E-state index contributed by atoms with van der Waals surface area (Å²) in [5, 5.41) is 0.758. The Balaban J connectivity index is 1.35. The molecule has 0 atom stereocenters. The Morgan fingerprint density at radius 2 is 1.61 bits per heavy atom. The number of hydrogen-bond donors (Lipinski definition) is 0. The largest absolute Gasteiger partial charge is 0.368 e. The summed E-state index contributed by atoms with van der Waals surface area (Å²) in [4.78, 5) is 19.7. The molecular weight excluding hydrogens is 370 g/mol. The van der Waals surface area contributed by atoms with Gasteiger partial charge in [-0.15, -0.1) is 0 Å². The second-order valence-electron chi connectivity index (χ2n) is 7.89. The molecule has 4 rings (SSSR count). The van der Waals surface area contributed by atoms with E-state index < -0.39 is 0 Å². The maximum Gasteiger partial charge on any atom is 0.253 e. The molecular formula is C23H28ClN3O. The summed E-state index contributed by atoms with van der Waals surface area (Å²) >= 11 is 6.17. The van der Waals surface area contributed by atoms with Gasteiger partial charge in [0.05, 0.1) is 0 Å². The van der Waals surface area contributed by atoms with Crippen molar-refractivity contribution in [2.24, 2.45) is 0 Å². The molecule has 2 fully saturated rings. The predicted molar refractivity (Wildman–Crippen MR) is 115 cm³/mol. The lowest BCUT2D eigenvalue weighted by Gasteiger charge is -2.37. The third-order valence-corrected chi connectivity index (χ3v) is 6.12. The predicted octanol–water partition coefficient (Wildman–Crippen LogP) is 4.21. The Labute approximate surface area is 172 Å². The first-order chi connectivity index (χ1) is 13.6. The summed E-state index contributed by atoms with van der Waals surface area (Å²) in [6, 6.07) is 14.2. The molecule has 0 aliphatic carbocycles. The number of rotatable bonds is 4. The van der Waals surface area contributed by atoms with Gasteiger partial charge in [0.25, 0.3) is 5.91 Å². The lowest BCUT2D eigenvalue weighted by atomic mass is 10.1. The molecule has 5 heteroatoms. The van der Waals surface area contributed by atoms with Crippen LogP contribution in [0.25, 0.3) is 0 Å². The van der Waals surface area contributed by atoms with E-state index in [1.807, 2.05) is 29.2 Å². The highest BCUT2D eigenvalue weighted by atomic mass is 35.5. The molecule has 0 bridgehead atoms. The second kappa shape index (κ2) is 8.54. The zero-order valence-electron chi connectivity index (χ0n) is 16.5. The molecule has 0 saturated carbocycles. The number of nitrogens with zero attached hydrogens (tertiary/aromatic N) is 3. The molecule has 0 aromatic heterocycles. The summed E-state index contributed by atoms with van der Waals surface area (Å²) in [5.74, 6) is 0.134. The minimum absolute atomic E-state index is 0.134. The highest BCUT2D eigenvalue weighted by Crippen LogP contribution is 2.25. The number of anilines is 1. The number of amides is 1. The highest BCUT2D eigenvalue weighted by molar-refractivity contribution is 6.30. The number of carbonyl (C=O) groups excluding carboxylic acids is 1. The van der Waals surface area contributed by atoms with Crippen molar-refractivity contribution in [3.63, 3.8) is 0 Å². The zero-order valence-corrected chi connectivity index (χ0v) is 17.3. The van der Waals surface area contributed by atoms with E-state index >= 15 is 0 Å². The number of hydrogen-bond acceptors (Lipinski definition) is 3.